The van der Waals surface area contributed by atoms with Crippen LogP contribution in [0.5, 0.6) is 0 Å². The molecule has 126 valence electrons. The number of thiazole rings is 1. The number of H-pyrrole nitrogens is 1. The number of hydrogen-bond acceptors (Lipinski definition) is 6. The van der Waals surface area contributed by atoms with Crippen LogP contribution in [-0.4, -0.2) is 41.0 Å². The Morgan fingerprint density at radius 3 is 2.84 bits per heavy atom. The maximum Gasteiger partial charge on any atom is 0.416 e. The summed E-state index contributed by atoms with van der Waals surface area (Å²) in [6.07, 6.45) is -0.717. The number of rotatable bonds is 3. The molecule has 8 nitrogen and oxygen atoms in total. The molecule has 3 aromatic heterocycles. The molecule has 0 aliphatic heterocycles. The largest absolute Gasteiger partial charge is 0.464 e. The van der Waals surface area contributed by atoms with Crippen LogP contribution in [0.25, 0.3) is 22.4 Å². The number of nitrogens with zero attached hydrogens (tertiary/aromatic N) is 4. The molecule has 4 aromatic rings. The van der Waals surface area contributed by atoms with E-state index in [4.69, 9.17) is 0 Å². The minimum atomic E-state index is -1.11. The lowest BCUT2D eigenvalue weighted by atomic mass is 10.1. The van der Waals surface area contributed by atoms with Gasteiger partial charge in [0.2, 0.25) is 5.82 Å². The van der Waals surface area contributed by atoms with Crippen molar-refractivity contribution < 1.29 is 15.0 Å². The van der Waals surface area contributed by atoms with Crippen LogP contribution in [0, 0.1) is 6.92 Å². The van der Waals surface area contributed by atoms with E-state index in [1.807, 2.05) is 0 Å². The normalized spacial score (nSPS) is 12.6. The number of aromatic amines is 1. The number of hydrogen-bond donors (Lipinski definition) is 3. The Morgan fingerprint density at radius 1 is 1.32 bits per heavy atom. The first-order valence-electron chi connectivity index (χ1n) is 7.40. The van der Waals surface area contributed by atoms with E-state index in [0.29, 0.717) is 38.8 Å². The van der Waals surface area contributed by atoms with Gasteiger partial charge >= 0.3 is 6.09 Å². The Hall–Kier alpha value is -3.04. The van der Waals surface area contributed by atoms with Gasteiger partial charge in [-0.25, -0.2) is 14.8 Å². The molecule has 1 atom stereocenters. The van der Waals surface area contributed by atoms with E-state index in [-0.39, 0.29) is 0 Å². The van der Waals surface area contributed by atoms with Crippen molar-refractivity contribution in [1.82, 2.24) is 24.7 Å². The number of carboxylic acid groups (broad SMARTS) is 1. The van der Waals surface area contributed by atoms with Crippen LogP contribution in [0.3, 0.4) is 0 Å². The molecule has 25 heavy (non-hydrogen) atoms. The molecule has 0 aliphatic carbocycles. The zero-order valence-corrected chi connectivity index (χ0v) is 13.9. The van der Waals surface area contributed by atoms with Gasteiger partial charge in [0.25, 0.3) is 0 Å². The maximum atomic E-state index is 11.4. The summed E-state index contributed by atoms with van der Waals surface area (Å²) in [7, 11) is 0. The van der Waals surface area contributed by atoms with E-state index in [9.17, 15) is 15.0 Å². The number of benzene rings is 1. The third-order valence-electron chi connectivity index (χ3n) is 3.83. The van der Waals surface area contributed by atoms with Crippen molar-refractivity contribution in [3.8, 4) is 11.5 Å². The first-order valence-corrected chi connectivity index (χ1v) is 8.28. The summed E-state index contributed by atoms with van der Waals surface area (Å²) in [6, 6.07) is 7.03. The number of carbonyl (C=O) groups is 1. The van der Waals surface area contributed by atoms with Crippen molar-refractivity contribution in [3.05, 3.63) is 52.2 Å². The van der Waals surface area contributed by atoms with Crippen LogP contribution in [-0.2, 0) is 0 Å². The number of fused-ring (bicyclic) bond motifs is 1. The molecule has 1 aromatic carbocycles. The summed E-state index contributed by atoms with van der Waals surface area (Å²) in [6.45, 7) is 1.79. The van der Waals surface area contributed by atoms with Gasteiger partial charge in [0, 0.05) is 22.5 Å². The molecule has 9 heteroatoms. The van der Waals surface area contributed by atoms with Crippen LogP contribution >= 0.6 is 11.3 Å². The zero-order valence-electron chi connectivity index (χ0n) is 13.0. The average molecular weight is 355 g/mol. The van der Waals surface area contributed by atoms with E-state index < -0.39 is 12.2 Å². The molecule has 0 spiro atoms. The Kier molecular flexibility index (Phi) is 3.59. The lowest BCUT2D eigenvalue weighted by Crippen LogP contribution is -2.06. The van der Waals surface area contributed by atoms with Crippen LogP contribution in [0.4, 0.5) is 4.79 Å². The SMILES string of the molecule is Cc1nc(-c2csc(C(O)c3cn(C(=O)O)c4ccccc34)n2)n[nH]1. The summed E-state index contributed by atoms with van der Waals surface area (Å²) < 4.78 is 1.10. The highest BCUT2D eigenvalue weighted by molar-refractivity contribution is 7.10. The second kappa shape index (κ2) is 5.80. The van der Waals surface area contributed by atoms with Gasteiger partial charge in [-0.3, -0.25) is 9.67 Å². The first-order chi connectivity index (χ1) is 12.0. The van der Waals surface area contributed by atoms with Crippen molar-refractivity contribution >= 4 is 28.3 Å². The number of aliphatic hydroxyl groups excluding tert-OH is 1. The van der Waals surface area contributed by atoms with Crippen LogP contribution in [0.15, 0.2) is 35.8 Å². The third-order valence-corrected chi connectivity index (χ3v) is 4.72. The highest BCUT2D eigenvalue weighted by atomic mass is 32.1. The van der Waals surface area contributed by atoms with Gasteiger partial charge in [0.05, 0.1) is 5.52 Å². The predicted octanol–water partition coefficient (Wildman–Crippen LogP) is 2.80. The van der Waals surface area contributed by atoms with Gasteiger partial charge in [-0.2, -0.15) is 5.10 Å². The molecule has 4 rings (SSSR count). The van der Waals surface area contributed by atoms with Crippen molar-refractivity contribution in [2.75, 3.05) is 0 Å². The van der Waals surface area contributed by atoms with Crippen molar-refractivity contribution in [2.45, 2.75) is 13.0 Å². The monoisotopic (exact) mass is 355 g/mol. The number of nitrogens with one attached hydrogen (secondary N) is 1. The van der Waals surface area contributed by atoms with E-state index in [1.54, 1.807) is 36.6 Å². The molecule has 0 saturated carbocycles. The van der Waals surface area contributed by atoms with Gasteiger partial charge in [0.15, 0.2) is 0 Å². The van der Waals surface area contributed by atoms with Crippen LogP contribution < -0.4 is 0 Å². The second-order valence-corrected chi connectivity index (χ2v) is 6.36. The fourth-order valence-electron chi connectivity index (χ4n) is 2.69. The zero-order chi connectivity index (χ0) is 17.6. The molecule has 3 heterocycles. The Bertz CT molecular complexity index is 1080. The Morgan fingerprint density at radius 2 is 2.12 bits per heavy atom. The predicted molar refractivity (Wildman–Crippen MR) is 91.7 cm³/mol. The number of aliphatic hydroxyl groups is 1. The Balaban J connectivity index is 1.77. The molecule has 0 amide bonds. The molecule has 3 N–H and O–H groups in total. The van der Waals surface area contributed by atoms with Crippen molar-refractivity contribution in [2.24, 2.45) is 0 Å². The number of para-hydroxylation sites is 1. The Labute approximate surface area is 145 Å². The van der Waals surface area contributed by atoms with Gasteiger partial charge in [-0.1, -0.05) is 18.2 Å². The smallest absolute Gasteiger partial charge is 0.416 e. The first kappa shape index (κ1) is 15.5. The van der Waals surface area contributed by atoms with Crippen molar-refractivity contribution in [3.63, 3.8) is 0 Å². The van der Waals surface area contributed by atoms with E-state index >= 15 is 0 Å². The van der Waals surface area contributed by atoms with Gasteiger partial charge in [0.1, 0.15) is 22.6 Å². The highest BCUT2D eigenvalue weighted by Crippen LogP contribution is 2.33. The molecule has 0 aliphatic rings. The van der Waals surface area contributed by atoms with E-state index in [0.717, 1.165) is 4.57 Å². The summed E-state index contributed by atoms with van der Waals surface area (Å²) in [4.78, 5) is 20.0. The molecular formula is C16H13N5O3S. The second-order valence-electron chi connectivity index (χ2n) is 5.47. The molecule has 0 bridgehead atoms. The fraction of sp³-hybridized carbons (Fsp3) is 0.125. The molecule has 0 saturated heterocycles. The molecule has 1 unspecified atom stereocenters. The average Bonchev–Trinajstić information content (AvgIpc) is 3.31. The highest BCUT2D eigenvalue weighted by Gasteiger charge is 2.22. The van der Waals surface area contributed by atoms with Crippen molar-refractivity contribution in [1.29, 1.82) is 0 Å². The molecular weight excluding hydrogens is 342 g/mol. The van der Waals surface area contributed by atoms with Crippen LogP contribution in [0.2, 0.25) is 0 Å². The topological polar surface area (TPSA) is 117 Å². The minimum Gasteiger partial charge on any atom is -0.464 e. The minimum absolute atomic E-state index is 0.450. The van der Waals surface area contributed by atoms with E-state index in [2.05, 4.69) is 20.2 Å². The lowest BCUT2D eigenvalue weighted by Gasteiger charge is -2.05. The number of aryl methyl sites for hydroxylation is 1. The van der Waals surface area contributed by atoms with Gasteiger partial charge in [-0.15, -0.1) is 11.3 Å². The lowest BCUT2D eigenvalue weighted by molar-refractivity contribution is 0.197. The summed E-state index contributed by atoms with van der Waals surface area (Å²) in [5.41, 5.74) is 1.57. The quantitative estimate of drug-likeness (QED) is 0.520. The number of aromatic nitrogens is 5. The molecule has 0 fully saturated rings. The van der Waals surface area contributed by atoms with Gasteiger partial charge in [-0.05, 0) is 13.0 Å². The fourth-order valence-corrected chi connectivity index (χ4v) is 3.49. The van der Waals surface area contributed by atoms with Crippen LogP contribution in [0.1, 0.15) is 22.5 Å². The molecule has 0 radical (unpaired) electrons. The summed E-state index contributed by atoms with van der Waals surface area (Å²) >= 11 is 1.27. The standard InChI is InChI=1S/C16H13N5O3S/c1-8-17-14(20-19-8)11-7-25-15(18-11)13(22)10-6-21(16(23)24)12-5-3-2-4-9(10)12/h2-7,13,22H,1H3,(H,23,24)(H,17,19,20). The van der Waals surface area contributed by atoms with E-state index in [1.165, 1.54) is 17.5 Å². The third kappa shape index (κ3) is 2.59. The summed E-state index contributed by atoms with van der Waals surface area (Å²) in [5, 5.41) is 29.8. The van der Waals surface area contributed by atoms with Gasteiger partial charge < -0.3 is 10.2 Å². The maximum absolute atomic E-state index is 11.4. The summed E-state index contributed by atoms with van der Waals surface area (Å²) in [5.74, 6) is 1.13.